The third kappa shape index (κ3) is 3.00. The quantitative estimate of drug-likeness (QED) is 0.947. The Morgan fingerprint density at radius 3 is 2.81 bits per heavy atom. The van der Waals surface area contributed by atoms with Crippen LogP contribution in [0.3, 0.4) is 0 Å². The van der Waals surface area contributed by atoms with Gasteiger partial charge in [-0.3, -0.25) is 4.79 Å². The molecule has 2 aromatic rings. The highest BCUT2D eigenvalue weighted by molar-refractivity contribution is 7.09. The normalized spacial score (nSPS) is 14.6. The molecule has 1 aromatic heterocycles. The monoisotopic (exact) mass is 304 g/mol. The molecule has 0 fully saturated rings. The van der Waals surface area contributed by atoms with Crippen LogP contribution in [0.1, 0.15) is 34.0 Å². The number of hydrogen-bond donors (Lipinski definition) is 1. The van der Waals surface area contributed by atoms with Crippen LogP contribution in [0.4, 0.5) is 0 Å². The number of nitrogens with zero attached hydrogens (tertiary/aromatic N) is 1. The summed E-state index contributed by atoms with van der Waals surface area (Å²) in [6.07, 6.45) is 0. The lowest BCUT2D eigenvalue weighted by molar-refractivity contribution is 0.0938. The standard InChI is InChI=1S/C15H16N2O3S/c1-9(12-8-21-10(2)17-12)16-15(18)11-3-4-13-14(7-11)20-6-5-19-13/h3-4,7-9H,5-6H2,1-2H3,(H,16,18)/t9-/m0/s1. The Kier molecular flexibility index (Phi) is 3.79. The van der Waals surface area contributed by atoms with Gasteiger partial charge in [-0.1, -0.05) is 0 Å². The lowest BCUT2D eigenvalue weighted by Crippen LogP contribution is -2.27. The maximum Gasteiger partial charge on any atom is 0.251 e. The van der Waals surface area contributed by atoms with Crippen molar-refractivity contribution < 1.29 is 14.3 Å². The summed E-state index contributed by atoms with van der Waals surface area (Å²) in [6.45, 7) is 4.92. The number of rotatable bonds is 3. The molecule has 0 unspecified atom stereocenters. The van der Waals surface area contributed by atoms with Crippen molar-refractivity contribution in [1.29, 1.82) is 0 Å². The number of thiazole rings is 1. The van der Waals surface area contributed by atoms with Crippen molar-refractivity contribution in [2.24, 2.45) is 0 Å². The van der Waals surface area contributed by atoms with E-state index in [1.807, 2.05) is 19.2 Å². The van der Waals surface area contributed by atoms with Gasteiger partial charge in [-0.25, -0.2) is 4.98 Å². The van der Waals surface area contributed by atoms with Gasteiger partial charge in [0.15, 0.2) is 11.5 Å². The van der Waals surface area contributed by atoms with Crippen LogP contribution in [-0.4, -0.2) is 24.1 Å². The van der Waals surface area contributed by atoms with E-state index in [9.17, 15) is 4.79 Å². The lowest BCUT2D eigenvalue weighted by Gasteiger charge is -2.19. The lowest BCUT2D eigenvalue weighted by atomic mass is 10.1. The molecular weight excluding hydrogens is 288 g/mol. The Bertz CT molecular complexity index is 669. The topological polar surface area (TPSA) is 60.5 Å². The molecule has 5 nitrogen and oxygen atoms in total. The third-order valence-electron chi connectivity index (χ3n) is 3.23. The van der Waals surface area contributed by atoms with Crippen LogP contribution in [0.2, 0.25) is 0 Å². The second-order valence-electron chi connectivity index (χ2n) is 4.84. The van der Waals surface area contributed by atoms with Gasteiger partial charge in [0.05, 0.1) is 16.7 Å². The molecule has 1 N–H and O–H groups in total. The summed E-state index contributed by atoms with van der Waals surface area (Å²) in [5.74, 6) is 1.15. The molecule has 0 saturated heterocycles. The zero-order valence-corrected chi connectivity index (χ0v) is 12.7. The Balaban J connectivity index is 1.73. The number of carbonyl (C=O) groups excluding carboxylic acids is 1. The molecule has 0 spiro atoms. The largest absolute Gasteiger partial charge is 0.486 e. The fourth-order valence-corrected chi connectivity index (χ4v) is 2.82. The summed E-state index contributed by atoms with van der Waals surface area (Å²) in [5.41, 5.74) is 1.43. The molecule has 1 aliphatic rings. The first-order valence-electron chi connectivity index (χ1n) is 6.76. The van der Waals surface area contributed by atoms with E-state index in [0.29, 0.717) is 30.3 Å². The van der Waals surface area contributed by atoms with E-state index in [2.05, 4.69) is 10.3 Å². The number of fused-ring (bicyclic) bond motifs is 1. The minimum atomic E-state index is -0.148. The highest BCUT2D eigenvalue weighted by atomic mass is 32.1. The van der Waals surface area contributed by atoms with Crippen molar-refractivity contribution in [3.63, 3.8) is 0 Å². The molecule has 0 bridgehead atoms. The van der Waals surface area contributed by atoms with Crippen LogP contribution in [0, 0.1) is 6.92 Å². The number of hydrogen-bond acceptors (Lipinski definition) is 5. The minimum Gasteiger partial charge on any atom is -0.486 e. The van der Waals surface area contributed by atoms with E-state index in [0.717, 1.165) is 10.7 Å². The van der Waals surface area contributed by atoms with Crippen molar-refractivity contribution in [3.05, 3.63) is 39.8 Å². The smallest absolute Gasteiger partial charge is 0.251 e. The van der Waals surface area contributed by atoms with E-state index in [4.69, 9.17) is 9.47 Å². The van der Waals surface area contributed by atoms with E-state index >= 15 is 0 Å². The molecule has 21 heavy (non-hydrogen) atoms. The van der Waals surface area contributed by atoms with Gasteiger partial charge in [0, 0.05) is 10.9 Å². The number of benzene rings is 1. The van der Waals surface area contributed by atoms with Crippen molar-refractivity contribution in [1.82, 2.24) is 10.3 Å². The first-order chi connectivity index (χ1) is 10.1. The van der Waals surface area contributed by atoms with Gasteiger partial charge in [-0.2, -0.15) is 0 Å². The molecule has 0 radical (unpaired) electrons. The Morgan fingerprint density at radius 1 is 1.33 bits per heavy atom. The van der Waals surface area contributed by atoms with Crippen molar-refractivity contribution in [3.8, 4) is 11.5 Å². The highest BCUT2D eigenvalue weighted by Crippen LogP contribution is 2.30. The van der Waals surface area contributed by atoms with Gasteiger partial charge in [0.25, 0.3) is 5.91 Å². The van der Waals surface area contributed by atoms with Crippen LogP contribution in [-0.2, 0) is 0 Å². The van der Waals surface area contributed by atoms with E-state index < -0.39 is 0 Å². The van der Waals surface area contributed by atoms with E-state index in [-0.39, 0.29) is 11.9 Å². The number of nitrogens with one attached hydrogen (secondary N) is 1. The van der Waals surface area contributed by atoms with Gasteiger partial charge in [0.1, 0.15) is 13.2 Å². The Morgan fingerprint density at radius 2 is 2.10 bits per heavy atom. The average Bonchev–Trinajstić information content (AvgIpc) is 2.93. The van der Waals surface area contributed by atoms with Gasteiger partial charge >= 0.3 is 0 Å². The second kappa shape index (κ2) is 5.73. The zero-order chi connectivity index (χ0) is 14.8. The summed E-state index contributed by atoms with van der Waals surface area (Å²) < 4.78 is 10.9. The zero-order valence-electron chi connectivity index (χ0n) is 11.9. The summed E-state index contributed by atoms with van der Waals surface area (Å²) in [4.78, 5) is 16.7. The Hall–Kier alpha value is -2.08. The number of aromatic nitrogens is 1. The van der Waals surface area contributed by atoms with Crippen LogP contribution < -0.4 is 14.8 Å². The summed E-state index contributed by atoms with van der Waals surface area (Å²) in [7, 11) is 0. The predicted octanol–water partition coefficient (Wildman–Crippen LogP) is 2.71. The first-order valence-corrected chi connectivity index (χ1v) is 7.64. The number of amides is 1. The maximum absolute atomic E-state index is 12.3. The molecule has 1 amide bonds. The van der Waals surface area contributed by atoms with Crippen LogP contribution in [0.25, 0.3) is 0 Å². The third-order valence-corrected chi connectivity index (χ3v) is 4.02. The van der Waals surface area contributed by atoms with Crippen molar-refractivity contribution in [2.75, 3.05) is 13.2 Å². The predicted molar refractivity (Wildman–Crippen MR) is 80.2 cm³/mol. The van der Waals surface area contributed by atoms with Gasteiger partial charge < -0.3 is 14.8 Å². The van der Waals surface area contributed by atoms with Crippen molar-refractivity contribution in [2.45, 2.75) is 19.9 Å². The van der Waals surface area contributed by atoms with Crippen LogP contribution >= 0.6 is 11.3 Å². The number of aryl methyl sites for hydroxylation is 1. The highest BCUT2D eigenvalue weighted by Gasteiger charge is 2.17. The fourth-order valence-electron chi connectivity index (χ4n) is 2.12. The molecule has 110 valence electrons. The van der Waals surface area contributed by atoms with Crippen LogP contribution in [0.15, 0.2) is 23.6 Å². The average molecular weight is 304 g/mol. The summed E-state index contributed by atoms with van der Waals surface area (Å²) >= 11 is 1.58. The number of carbonyl (C=O) groups is 1. The van der Waals surface area contributed by atoms with Gasteiger partial charge in [-0.05, 0) is 32.0 Å². The molecule has 0 aliphatic carbocycles. The van der Waals surface area contributed by atoms with Crippen molar-refractivity contribution >= 4 is 17.2 Å². The molecular formula is C15H16N2O3S. The second-order valence-corrected chi connectivity index (χ2v) is 5.91. The first kappa shape index (κ1) is 13.9. The summed E-state index contributed by atoms with van der Waals surface area (Å²) in [5, 5.41) is 5.89. The fraction of sp³-hybridized carbons (Fsp3) is 0.333. The van der Waals surface area contributed by atoms with Gasteiger partial charge in [-0.15, -0.1) is 11.3 Å². The molecule has 2 heterocycles. The summed E-state index contributed by atoms with van der Waals surface area (Å²) in [6, 6.07) is 5.09. The molecule has 0 saturated carbocycles. The molecule has 1 aliphatic heterocycles. The van der Waals surface area contributed by atoms with Crippen LogP contribution in [0.5, 0.6) is 11.5 Å². The molecule has 1 aromatic carbocycles. The van der Waals surface area contributed by atoms with Gasteiger partial charge in [0.2, 0.25) is 0 Å². The van der Waals surface area contributed by atoms with E-state index in [1.165, 1.54) is 0 Å². The molecule has 1 atom stereocenters. The minimum absolute atomic E-state index is 0.129. The molecule has 6 heteroatoms. The van der Waals surface area contributed by atoms with E-state index in [1.54, 1.807) is 29.5 Å². The molecule has 3 rings (SSSR count). The number of ether oxygens (including phenoxy) is 2. The SMILES string of the molecule is Cc1nc([C@H](C)NC(=O)c2ccc3c(c2)OCCO3)cs1. The maximum atomic E-state index is 12.3. The Labute approximate surface area is 126 Å².